The van der Waals surface area contributed by atoms with E-state index in [1.54, 1.807) is 12.4 Å². The van der Waals surface area contributed by atoms with Crippen molar-refractivity contribution in [3.63, 3.8) is 0 Å². The van der Waals surface area contributed by atoms with Gasteiger partial charge in [0, 0.05) is 61.2 Å². The summed E-state index contributed by atoms with van der Waals surface area (Å²) < 4.78 is 11.1. The second-order valence-corrected chi connectivity index (χ2v) is 10.5. The lowest BCUT2D eigenvalue weighted by molar-refractivity contribution is -0.127. The lowest BCUT2D eigenvalue weighted by Gasteiger charge is -2.55. The molecule has 34 heavy (non-hydrogen) atoms. The van der Waals surface area contributed by atoms with Gasteiger partial charge in [0.1, 0.15) is 5.60 Å². The predicted octanol–water partition coefficient (Wildman–Crippen LogP) is 4.34. The van der Waals surface area contributed by atoms with Gasteiger partial charge in [0.2, 0.25) is 11.7 Å². The molecule has 2 aromatic heterocycles. The fourth-order valence-corrected chi connectivity index (χ4v) is 5.57. The van der Waals surface area contributed by atoms with Gasteiger partial charge in [-0.15, -0.1) is 0 Å². The summed E-state index contributed by atoms with van der Waals surface area (Å²) in [4.78, 5) is 11.4. The van der Waals surface area contributed by atoms with E-state index in [-0.39, 0.29) is 11.3 Å². The van der Waals surface area contributed by atoms with Gasteiger partial charge in [-0.2, -0.15) is 4.98 Å². The van der Waals surface area contributed by atoms with Gasteiger partial charge in [-0.1, -0.05) is 50.2 Å². The lowest BCUT2D eigenvalue weighted by Crippen LogP contribution is -2.63. The van der Waals surface area contributed by atoms with E-state index in [2.05, 4.69) is 72.1 Å². The van der Waals surface area contributed by atoms with Crippen LogP contribution in [0.4, 0.5) is 0 Å². The van der Waals surface area contributed by atoms with Gasteiger partial charge in [-0.05, 0) is 43.0 Å². The number of aromatic nitrogens is 3. The van der Waals surface area contributed by atoms with Crippen molar-refractivity contribution in [2.45, 2.75) is 51.0 Å². The molecule has 7 nitrogen and oxygen atoms in total. The van der Waals surface area contributed by atoms with Crippen LogP contribution in [0, 0.1) is 5.41 Å². The summed E-state index contributed by atoms with van der Waals surface area (Å²) in [5.74, 6) is 1.81. The van der Waals surface area contributed by atoms with Crippen molar-refractivity contribution in [1.82, 2.24) is 20.0 Å². The van der Waals surface area contributed by atoms with Gasteiger partial charge in [0.05, 0.1) is 0 Å². The molecule has 0 bridgehead atoms. The first-order valence-corrected chi connectivity index (χ1v) is 12.2. The van der Waals surface area contributed by atoms with E-state index in [9.17, 15) is 5.11 Å². The number of ether oxygens (including phenoxy) is 1. The number of benzene rings is 1. The van der Waals surface area contributed by atoms with Crippen LogP contribution < -0.4 is 0 Å². The molecule has 3 aromatic rings. The zero-order valence-electron chi connectivity index (χ0n) is 20.5. The highest BCUT2D eigenvalue weighted by atomic mass is 16.5. The molecule has 1 aromatic carbocycles. The Morgan fingerprint density at radius 1 is 1.09 bits per heavy atom. The van der Waals surface area contributed by atoms with Gasteiger partial charge in [0.25, 0.3) is 0 Å². The summed E-state index contributed by atoms with van der Waals surface area (Å²) in [5.41, 5.74) is 2.06. The van der Waals surface area contributed by atoms with E-state index in [0.717, 1.165) is 55.8 Å². The largest absolute Gasteiger partial charge is 0.381 e. The summed E-state index contributed by atoms with van der Waals surface area (Å²) in [6.45, 7) is 9.51. The first kappa shape index (κ1) is 23.1. The van der Waals surface area contributed by atoms with Crippen LogP contribution >= 0.6 is 0 Å². The van der Waals surface area contributed by atoms with Crippen LogP contribution in [0.2, 0.25) is 0 Å². The summed E-state index contributed by atoms with van der Waals surface area (Å²) >= 11 is 0. The van der Waals surface area contributed by atoms with E-state index < -0.39 is 5.60 Å². The molecule has 0 spiro atoms. The monoisotopic (exact) mass is 462 g/mol. The topological polar surface area (TPSA) is 84.5 Å². The first-order chi connectivity index (χ1) is 16.3. The van der Waals surface area contributed by atoms with Crippen LogP contribution in [-0.2, 0) is 10.3 Å². The third-order valence-electron chi connectivity index (χ3n) is 7.53. The number of aliphatic hydroxyl groups is 1. The van der Waals surface area contributed by atoms with Crippen molar-refractivity contribution in [2.24, 2.45) is 5.41 Å². The Labute approximate surface area is 201 Å². The third-order valence-corrected chi connectivity index (χ3v) is 7.53. The van der Waals surface area contributed by atoms with E-state index in [1.165, 1.54) is 5.56 Å². The molecule has 7 heteroatoms. The van der Waals surface area contributed by atoms with Crippen molar-refractivity contribution < 1.29 is 14.4 Å². The average Bonchev–Trinajstić information content (AvgIpc) is 3.34. The van der Waals surface area contributed by atoms with Crippen LogP contribution in [-0.4, -0.2) is 58.5 Å². The molecule has 4 heterocycles. The molecule has 5 rings (SSSR count). The fraction of sp³-hybridized carbons (Fsp3) is 0.519. The van der Waals surface area contributed by atoms with Crippen LogP contribution in [0.1, 0.15) is 68.0 Å². The van der Waals surface area contributed by atoms with Crippen LogP contribution in [0.5, 0.6) is 0 Å². The Balaban J connectivity index is 1.53. The normalized spacial score (nSPS) is 20.8. The minimum absolute atomic E-state index is 0.229. The van der Waals surface area contributed by atoms with Crippen molar-refractivity contribution in [3.05, 3.63) is 65.3 Å². The molecule has 0 aliphatic carbocycles. The zero-order chi connectivity index (χ0) is 23.9. The van der Waals surface area contributed by atoms with E-state index in [1.807, 2.05) is 6.07 Å². The Kier molecular flexibility index (Phi) is 6.04. The van der Waals surface area contributed by atoms with Crippen molar-refractivity contribution in [1.29, 1.82) is 0 Å². The standard InChI is InChI=1S/C27H34N4O3/c1-18(2)19-5-7-22(8-6-19)27(32,26(3)16-31(4)17-26)23-13-21(14-28-15-23)24-29-25(34-30-24)20-9-11-33-12-10-20/h5-8,13-15,18,20,32H,9-12,16-17H2,1-4H3/t27-/m0/s1. The van der Waals surface area contributed by atoms with Gasteiger partial charge in [0.15, 0.2) is 0 Å². The molecule has 0 unspecified atom stereocenters. The van der Waals surface area contributed by atoms with E-state index in [4.69, 9.17) is 9.26 Å². The first-order valence-electron chi connectivity index (χ1n) is 12.2. The van der Waals surface area contributed by atoms with Gasteiger partial charge < -0.3 is 19.3 Å². The molecule has 0 saturated carbocycles. The Hall–Kier alpha value is -2.61. The average molecular weight is 463 g/mol. The molecule has 1 atom stereocenters. The second kappa shape index (κ2) is 8.87. The Morgan fingerprint density at radius 2 is 1.79 bits per heavy atom. The number of pyridine rings is 1. The Morgan fingerprint density at radius 3 is 2.44 bits per heavy atom. The highest BCUT2D eigenvalue weighted by molar-refractivity contribution is 5.56. The minimum Gasteiger partial charge on any atom is -0.381 e. The maximum atomic E-state index is 12.4. The molecule has 0 radical (unpaired) electrons. The summed E-state index contributed by atoms with van der Waals surface area (Å²) in [6.07, 6.45) is 5.28. The molecule has 2 aliphatic heterocycles. The highest BCUT2D eigenvalue weighted by Gasteiger charge is 2.55. The SMILES string of the molecule is CC(C)c1ccc([C@](O)(c2cncc(-c3noc(C4CCOCC4)n3)c2)C2(C)CN(C)C2)cc1. The number of rotatable bonds is 6. The molecular formula is C27H34N4O3. The predicted molar refractivity (Wildman–Crippen MR) is 129 cm³/mol. The molecular weight excluding hydrogens is 428 g/mol. The molecule has 2 aliphatic rings. The number of hydrogen-bond acceptors (Lipinski definition) is 7. The van der Waals surface area contributed by atoms with Crippen molar-refractivity contribution in [2.75, 3.05) is 33.4 Å². The molecule has 180 valence electrons. The van der Waals surface area contributed by atoms with Crippen LogP contribution in [0.15, 0.2) is 47.2 Å². The number of nitrogens with zero attached hydrogens (tertiary/aromatic N) is 4. The highest BCUT2D eigenvalue weighted by Crippen LogP contribution is 2.50. The molecule has 0 amide bonds. The van der Waals surface area contributed by atoms with Gasteiger partial charge >= 0.3 is 0 Å². The molecule has 1 N–H and O–H groups in total. The second-order valence-electron chi connectivity index (χ2n) is 10.5. The maximum Gasteiger partial charge on any atom is 0.230 e. The third kappa shape index (κ3) is 3.96. The van der Waals surface area contributed by atoms with Gasteiger partial charge in [-0.25, -0.2) is 0 Å². The molecule has 2 fully saturated rings. The Bertz CT molecular complexity index is 1130. The fourth-order valence-electron chi connectivity index (χ4n) is 5.57. The summed E-state index contributed by atoms with van der Waals surface area (Å²) in [5, 5.41) is 16.7. The van der Waals surface area contributed by atoms with Crippen LogP contribution in [0.25, 0.3) is 11.4 Å². The quantitative estimate of drug-likeness (QED) is 0.583. The van der Waals surface area contributed by atoms with E-state index in [0.29, 0.717) is 17.6 Å². The lowest BCUT2D eigenvalue weighted by atomic mass is 9.62. The maximum absolute atomic E-state index is 12.4. The van der Waals surface area contributed by atoms with Crippen LogP contribution in [0.3, 0.4) is 0 Å². The summed E-state index contributed by atoms with van der Waals surface area (Å²) in [6, 6.07) is 10.3. The summed E-state index contributed by atoms with van der Waals surface area (Å²) in [7, 11) is 2.08. The minimum atomic E-state index is -1.20. The van der Waals surface area contributed by atoms with Gasteiger partial charge in [-0.3, -0.25) is 4.98 Å². The van der Waals surface area contributed by atoms with Crippen molar-refractivity contribution >= 4 is 0 Å². The molecule has 2 saturated heterocycles. The smallest absolute Gasteiger partial charge is 0.230 e. The van der Waals surface area contributed by atoms with Crippen molar-refractivity contribution in [3.8, 4) is 11.4 Å². The number of likely N-dealkylation sites (tertiary alicyclic amines) is 1. The zero-order valence-corrected chi connectivity index (χ0v) is 20.5. The van der Waals surface area contributed by atoms with E-state index >= 15 is 0 Å². The number of hydrogen-bond donors (Lipinski definition) is 1.